The molecule has 0 amide bonds. The summed E-state index contributed by atoms with van der Waals surface area (Å²) in [5.41, 5.74) is 1.84. The quantitative estimate of drug-likeness (QED) is 0.565. The van der Waals surface area contributed by atoms with Crippen LogP contribution < -0.4 is 10.6 Å². The third-order valence-electron chi connectivity index (χ3n) is 1.27. The van der Waals surface area contributed by atoms with Crippen LogP contribution in [0, 0.1) is 0 Å². The van der Waals surface area contributed by atoms with Crippen molar-refractivity contribution in [1.82, 2.24) is 4.98 Å². The van der Waals surface area contributed by atoms with Crippen LogP contribution in [0.1, 0.15) is 0 Å². The largest absolute Gasteiger partial charge is 0.372 e. The van der Waals surface area contributed by atoms with Crippen LogP contribution in [-0.2, 0) is 0 Å². The van der Waals surface area contributed by atoms with Crippen molar-refractivity contribution in [2.45, 2.75) is 0 Å². The molecule has 2 heterocycles. The van der Waals surface area contributed by atoms with E-state index in [9.17, 15) is 0 Å². The van der Waals surface area contributed by atoms with Gasteiger partial charge in [0.15, 0.2) is 5.82 Å². The number of hydrogen-bond acceptors (Lipinski definition) is 4. The van der Waals surface area contributed by atoms with Gasteiger partial charge in [-0.15, -0.1) is 11.3 Å². The van der Waals surface area contributed by atoms with E-state index in [0.29, 0.717) is 0 Å². The van der Waals surface area contributed by atoms with E-state index in [4.69, 9.17) is 0 Å². The summed E-state index contributed by atoms with van der Waals surface area (Å²) in [6, 6.07) is 0. The highest BCUT2D eigenvalue weighted by molar-refractivity contribution is 7.14. The molecule has 4 heteroatoms. The van der Waals surface area contributed by atoms with Crippen molar-refractivity contribution in [3.63, 3.8) is 0 Å². The number of thiazole rings is 1. The molecule has 0 spiro atoms. The van der Waals surface area contributed by atoms with Gasteiger partial charge in [0, 0.05) is 13.1 Å². The van der Waals surface area contributed by atoms with Gasteiger partial charge in [0.05, 0.1) is 5.51 Å². The molecule has 0 radical (unpaired) electrons. The first-order chi connectivity index (χ1) is 4.47. The number of anilines is 2. The van der Waals surface area contributed by atoms with E-state index in [1.807, 2.05) is 5.51 Å². The average molecular weight is 141 g/mol. The SMILES string of the molecule is c1nc2c(s1)NCCN2. The maximum Gasteiger partial charge on any atom is 0.161 e. The highest BCUT2D eigenvalue weighted by Crippen LogP contribution is 2.26. The Morgan fingerprint density at radius 3 is 3.22 bits per heavy atom. The Hall–Kier alpha value is -0.770. The van der Waals surface area contributed by atoms with Crippen LogP contribution in [0.4, 0.5) is 10.8 Å². The van der Waals surface area contributed by atoms with Gasteiger partial charge in [-0.25, -0.2) is 4.98 Å². The predicted octanol–water partition coefficient (Wildman–Crippen LogP) is 0.980. The Kier molecular flexibility index (Phi) is 1.05. The zero-order chi connectivity index (χ0) is 6.10. The summed E-state index contributed by atoms with van der Waals surface area (Å²) in [5, 5.41) is 7.58. The molecule has 0 fully saturated rings. The highest BCUT2D eigenvalue weighted by Gasteiger charge is 2.07. The zero-order valence-electron chi connectivity index (χ0n) is 4.85. The summed E-state index contributed by atoms with van der Waals surface area (Å²) in [7, 11) is 0. The van der Waals surface area contributed by atoms with E-state index in [-0.39, 0.29) is 0 Å². The van der Waals surface area contributed by atoms with E-state index >= 15 is 0 Å². The Bertz CT molecular complexity index is 187. The molecule has 0 unspecified atom stereocenters. The summed E-state index contributed by atoms with van der Waals surface area (Å²) in [6.07, 6.45) is 0. The lowest BCUT2D eigenvalue weighted by Crippen LogP contribution is -2.19. The molecule has 0 aromatic carbocycles. The second-order valence-corrected chi connectivity index (χ2v) is 2.74. The number of aromatic nitrogens is 1. The van der Waals surface area contributed by atoms with Crippen LogP contribution in [0.25, 0.3) is 0 Å². The van der Waals surface area contributed by atoms with Gasteiger partial charge in [-0.3, -0.25) is 0 Å². The third-order valence-corrected chi connectivity index (χ3v) is 2.05. The van der Waals surface area contributed by atoms with Crippen molar-refractivity contribution in [3.8, 4) is 0 Å². The van der Waals surface area contributed by atoms with Gasteiger partial charge in [-0.1, -0.05) is 0 Å². The van der Waals surface area contributed by atoms with Crippen molar-refractivity contribution >= 4 is 22.2 Å². The number of hydrogen-bond donors (Lipinski definition) is 2. The van der Waals surface area contributed by atoms with Gasteiger partial charge in [0.2, 0.25) is 0 Å². The number of rotatable bonds is 0. The van der Waals surface area contributed by atoms with Crippen molar-refractivity contribution in [1.29, 1.82) is 0 Å². The van der Waals surface area contributed by atoms with Gasteiger partial charge in [-0.2, -0.15) is 0 Å². The van der Waals surface area contributed by atoms with Crippen LogP contribution >= 0.6 is 11.3 Å². The molecule has 0 aliphatic carbocycles. The van der Waals surface area contributed by atoms with Gasteiger partial charge in [0.25, 0.3) is 0 Å². The van der Waals surface area contributed by atoms with Crippen LogP contribution in [-0.4, -0.2) is 18.1 Å². The number of fused-ring (bicyclic) bond motifs is 1. The summed E-state index contributed by atoms with van der Waals surface area (Å²) >= 11 is 1.64. The van der Waals surface area contributed by atoms with Gasteiger partial charge < -0.3 is 10.6 Å². The monoisotopic (exact) mass is 141 g/mol. The van der Waals surface area contributed by atoms with Crippen LogP contribution in [0.5, 0.6) is 0 Å². The topological polar surface area (TPSA) is 37.0 Å². The molecule has 3 nitrogen and oxygen atoms in total. The third kappa shape index (κ3) is 0.751. The molecule has 9 heavy (non-hydrogen) atoms. The summed E-state index contributed by atoms with van der Waals surface area (Å²) in [6.45, 7) is 1.99. The standard InChI is InChI=1S/C5H7N3S/c1-2-7-5-4(6-1)8-3-9-5/h3,6-7H,1-2H2. The molecular formula is C5H7N3S. The molecule has 0 atom stereocenters. The maximum atomic E-state index is 4.10. The molecule has 2 N–H and O–H groups in total. The van der Waals surface area contributed by atoms with E-state index in [1.165, 1.54) is 5.00 Å². The Labute approximate surface area is 57.1 Å². The molecule has 2 rings (SSSR count). The minimum Gasteiger partial charge on any atom is -0.372 e. The van der Waals surface area contributed by atoms with Crippen molar-refractivity contribution in [2.24, 2.45) is 0 Å². The lowest BCUT2D eigenvalue weighted by molar-refractivity contribution is 1.04. The second-order valence-electron chi connectivity index (χ2n) is 1.88. The molecule has 1 aromatic heterocycles. The molecule has 1 aliphatic rings. The maximum absolute atomic E-state index is 4.10. The van der Waals surface area contributed by atoms with E-state index in [1.54, 1.807) is 11.3 Å². The fourth-order valence-electron chi connectivity index (χ4n) is 0.854. The van der Waals surface area contributed by atoms with E-state index in [0.717, 1.165) is 18.9 Å². The van der Waals surface area contributed by atoms with E-state index < -0.39 is 0 Å². The Morgan fingerprint density at radius 1 is 1.44 bits per heavy atom. The minimum absolute atomic E-state index is 0.983. The minimum atomic E-state index is 0.983. The predicted molar refractivity (Wildman–Crippen MR) is 39.1 cm³/mol. The number of nitrogens with one attached hydrogen (secondary N) is 2. The first-order valence-corrected chi connectivity index (χ1v) is 3.76. The average Bonchev–Trinajstić information content (AvgIpc) is 2.33. The van der Waals surface area contributed by atoms with Crippen molar-refractivity contribution in [3.05, 3.63) is 5.51 Å². The lowest BCUT2D eigenvalue weighted by atomic mass is 10.5. The summed E-state index contributed by atoms with van der Waals surface area (Å²) in [5.74, 6) is 1.01. The van der Waals surface area contributed by atoms with Crippen LogP contribution in [0.2, 0.25) is 0 Å². The zero-order valence-corrected chi connectivity index (χ0v) is 5.66. The lowest BCUT2D eigenvalue weighted by Gasteiger charge is -2.13. The highest BCUT2D eigenvalue weighted by atomic mass is 32.1. The van der Waals surface area contributed by atoms with Crippen LogP contribution in [0.3, 0.4) is 0 Å². The van der Waals surface area contributed by atoms with Gasteiger partial charge >= 0.3 is 0 Å². The molecule has 1 aliphatic heterocycles. The van der Waals surface area contributed by atoms with E-state index in [2.05, 4.69) is 15.6 Å². The second kappa shape index (κ2) is 1.88. The van der Waals surface area contributed by atoms with Crippen molar-refractivity contribution in [2.75, 3.05) is 23.7 Å². The molecule has 0 saturated heterocycles. The summed E-state index contributed by atoms with van der Waals surface area (Å²) < 4.78 is 0. The summed E-state index contributed by atoms with van der Waals surface area (Å²) in [4.78, 5) is 4.10. The molecule has 48 valence electrons. The normalized spacial score (nSPS) is 15.6. The Morgan fingerprint density at radius 2 is 2.33 bits per heavy atom. The van der Waals surface area contributed by atoms with Crippen molar-refractivity contribution < 1.29 is 0 Å². The smallest absolute Gasteiger partial charge is 0.161 e. The fraction of sp³-hybridized carbons (Fsp3) is 0.400. The number of nitrogens with zero attached hydrogens (tertiary/aromatic N) is 1. The van der Waals surface area contributed by atoms with Gasteiger partial charge in [-0.05, 0) is 0 Å². The molecular weight excluding hydrogens is 134 g/mol. The molecule has 1 aromatic rings. The first kappa shape index (κ1) is 5.05. The first-order valence-electron chi connectivity index (χ1n) is 2.88. The Balaban J connectivity index is 2.39. The van der Waals surface area contributed by atoms with Gasteiger partial charge in [0.1, 0.15) is 5.00 Å². The fourth-order valence-corrected chi connectivity index (χ4v) is 1.54. The van der Waals surface area contributed by atoms with Crippen LogP contribution in [0.15, 0.2) is 5.51 Å². The molecule has 0 saturated carbocycles. The molecule has 0 bridgehead atoms.